The Kier molecular flexibility index (Phi) is 4.71. The molecule has 31 heavy (non-hydrogen) atoms. The number of imidazole rings is 1. The minimum atomic E-state index is -0.488. The van der Waals surface area contributed by atoms with E-state index in [-0.39, 0.29) is 11.7 Å². The van der Waals surface area contributed by atoms with Crippen molar-refractivity contribution in [3.63, 3.8) is 0 Å². The number of allylic oxidation sites excluding steroid dienone is 1. The molecule has 7 heteroatoms. The van der Waals surface area contributed by atoms with E-state index in [1.165, 1.54) is 24.3 Å². The van der Waals surface area contributed by atoms with Crippen LogP contribution in [0.25, 0.3) is 11.0 Å². The van der Waals surface area contributed by atoms with Gasteiger partial charge < -0.3 is 10.6 Å². The van der Waals surface area contributed by atoms with Gasteiger partial charge in [-0.3, -0.25) is 9.36 Å². The number of amides is 1. The molecule has 5 rings (SSSR count). The quantitative estimate of drug-likeness (QED) is 0.433. The maximum absolute atomic E-state index is 13.4. The van der Waals surface area contributed by atoms with Crippen molar-refractivity contribution < 1.29 is 9.18 Å². The number of hydrogen-bond donors (Lipinski definition) is 2. The molecular formula is C24H18ClFN4O. The molecule has 1 amide bonds. The first-order valence-electron chi connectivity index (χ1n) is 9.79. The Bertz CT molecular complexity index is 1340. The Hall–Kier alpha value is -3.64. The molecular weight excluding hydrogens is 415 g/mol. The topological polar surface area (TPSA) is 59.0 Å². The predicted molar refractivity (Wildman–Crippen MR) is 121 cm³/mol. The minimum Gasteiger partial charge on any atom is -0.329 e. The molecule has 2 N–H and O–H groups in total. The molecule has 0 saturated carbocycles. The second kappa shape index (κ2) is 7.56. The van der Waals surface area contributed by atoms with Crippen molar-refractivity contribution in [3.05, 3.63) is 100 Å². The number of nitrogens with one attached hydrogen (secondary N) is 2. The Balaban J connectivity index is 1.67. The molecule has 0 fully saturated rings. The monoisotopic (exact) mass is 432 g/mol. The molecule has 0 saturated heterocycles. The van der Waals surface area contributed by atoms with Crippen LogP contribution < -0.4 is 10.6 Å². The number of rotatable bonds is 3. The van der Waals surface area contributed by atoms with Crippen molar-refractivity contribution in [2.45, 2.75) is 13.0 Å². The van der Waals surface area contributed by atoms with Gasteiger partial charge in [0.25, 0.3) is 5.91 Å². The van der Waals surface area contributed by atoms with E-state index in [0.717, 1.165) is 16.6 Å². The lowest BCUT2D eigenvalue weighted by atomic mass is 9.94. The van der Waals surface area contributed by atoms with Gasteiger partial charge in [-0.15, -0.1) is 0 Å². The molecule has 154 valence electrons. The number of halogens is 2. The van der Waals surface area contributed by atoms with Gasteiger partial charge in [-0.05, 0) is 55.0 Å². The molecule has 0 unspecified atom stereocenters. The highest BCUT2D eigenvalue weighted by molar-refractivity contribution is 6.31. The number of anilines is 2. The second-order valence-electron chi connectivity index (χ2n) is 7.34. The molecule has 5 nitrogen and oxygen atoms in total. The first-order chi connectivity index (χ1) is 15.0. The van der Waals surface area contributed by atoms with Crippen molar-refractivity contribution in [1.82, 2.24) is 9.55 Å². The number of nitrogens with zero attached hydrogens (tertiary/aromatic N) is 2. The van der Waals surface area contributed by atoms with Crippen LogP contribution in [0.1, 0.15) is 18.5 Å². The summed E-state index contributed by atoms with van der Waals surface area (Å²) in [6, 6.07) is 20.4. The third kappa shape index (κ3) is 3.35. The number of fused-ring (bicyclic) bond motifs is 3. The molecule has 1 aliphatic heterocycles. The van der Waals surface area contributed by atoms with Gasteiger partial charge in [-0.25, -0.2) is 9.37 Å². The number of benzene rings is 3. The van der Waals surface area contributed by atoms with Crippen LogP contribution in [-0.4, -0.2) is 15.5 Å². The molecule has 1 atom stereocenters. The smallest absolute Gasteiger partial charge is 0.255 e. The lowest BCUT2D eigenvalue weighted by Crippen LogP contribution is -2.31. The number of aromatic nitrogens is 2. The minimum absolute atomic E-state index is 0.301. The highest BCUT2D eigenvalue weighted by Crippen LogP contribution is 2.41. The van der Waals surface area contributed by atoms with Crippen molar-refractivity contribution in [1.29, 1.82) is 0 Å². The van der Waals surface area contributed by atoms with Crippen molar-refractivity contribution in [3.8, 4) is 0 Å². The fourth-order valence-corrected chi connectivity index (χ4v) is 4.22. The highest BCUT2D eigenvalue weighted by Gasteiger charge is 2.35. The molecule has 0 aliphatic carbocycles. The van der Waals surface area contributed by atoms with Crippen LogP contribution in [0.2, 0.25) is 5.02 Å². The van der Waals surface area contributed by atoms with Gasteiger partial charge in [-0.1, -0.05) is 41.9 Å². The number of carbonyl (C=O) groups excluding carboxylic acids is 1. The summed E-state index contributed by atoms with van der Waals surface area (Å²) in [5, 5.41) is 6.69. The van der Waals surface area contributed by atoms with Gasteiger partial charge in [0, 0.05) is 16.4 Å². The highest BCUT2D eigenvalue weighted by atomic mass is 35.5. The van der Waals surface area contributed by atoms with Crippen molar-refractivity contribution in [2.24, 2.45) is 0 Å². The molecule has 0 spiro atoms. The summed E-state index contributed by atoms with van der Waals surface area (Å²) in [6.45, 7) is 1.84. The maximum atomic E-state index is 13.4. The molecule has 2 heterocycles. The Morgan fingerprint density at radius 1 is 1.06 bits per heavy atom. The van der Waals surface area contributed by atoms with Crippen LogP contribution in [-0.2, 0) is 4.79 Å². The van der Waals surface area contributed by atoms with Crippen molar-refractivity contribution in [2.75, 3.05) is 10.6 Å². The van der Waals surface area contributed by atoms with E-state index >= 15 is 0 Å². The lowest BCUT2D eigenvalue weighted by Gasteiger charge is -2.31. The summed E-state index contributed by atoms with van der Waals surface area (Å²) >= 11 is 6.59. The molecule has 4 aromatic rings. The SMILES string of the molecule is CC1=C(C(=O)Nc2ccc(F)cc2)[C@H](c2ccccc2Cl)n2c(nc3ccccc32)N1. The average Bonchev–Trinajstić information content (AvgIpc) is 3.12. The van der Waals surface area contributed by atoms with E-state index < -0.39 is 6.04 Å². The third-order valence-corrected chi connectivity index (χ3v) is 5.72. The van der Waals surface area contributed by atoms with E-state index in [0.29, 0.717) is 27.9 Å². The van der Waals surface area contributed by atoms with Crippen molar-refractivity contribution >= 4 is 40.2 Å². The summed E-state index contributed by atoms with van der Waals surface area (Å²) < 4.78 is 15.3. The summed E-state index contributed by atoms with van der Waals surface area (Å²) in [6.07, 6.45) is 0. The number of para-hydroxylation sites is 2. The lowest BCUT2D eigenvalue weighted by molar-refractivity contribution is -0.113. The van der Waals surface area contributed by atoms with Gasteiger partial charge in [0.2, 0.25) is 5.95 Å². The standard InChI is InChI=1S/C24H18ClFN4O/c1-14-21(23(31)28-16-12-10-15(26)11-13-16)22(17-6-2-3-7-18(17)25)30-20-9-5-4-8-19(20)29-24(30)27-14/h2-13,22H,1H3,(H,27,29)(H,28,31)/t22-/m0/s1. The fraction of sp³-hybridized carbons (Fsp3) is 0.0833. The van der Waals surface area contributed by atoms with Crippen LogP contribution in [0.4, 0.5) is 16.0 Å². The largest absolute Gasteiger partial charge is 0.329 e. The zero-order valence-electron chi connectivity index (χ0n) is 16.6. The molecule has 0 radical (unpaired) electrons. The third-order valence-electron chi connectivity index (χ3n) is 5.38. The van der Waals surface area contributed by atoms with Crippen LogP contribution in [0, 0.1) is 5.82 Å². The van der Waals surface area contributed by atoms with Crippen LogP contribution in [0.3, 0.4) is 0 Å². The van der Waals surface area contributed by atoms with E-state index in [1.54, 1.807) is 0 Å². The average molecular weight is 433 g/mol. The zero-order chi connectivity index (χ0) is 21.5. The molecule has 0 bridgehead atoms. The summed E-state index contributed by atoms with van der Waals surface area (Å²) in [7, 11) is 0. The fourth-order valence-electron chi connectivity index (χ4n) is 3.98. The number of carbonyl (C=O) groups is 1. The van der Waals surface area contributed by atoms with E-state index in [4.69, 9.17) is 16.6 Å². The Labute approximate surface area is 183 Å². The van der Waals surface area contributed by atoms with Gasteiger partial charge in [-0.2, -0.15) is 0 Å². The van der Waals surface area contributed by atoms with Crippen LogP contribution in [0.5, 0.6) is 0 Å². The van der Waals surface area contributed by atoms with Gasteiger partial charge in [0.05, 0.1) is 22.6 Å². The van der Waals surface area contributed by atoms with E-state index in [9.17, 15) is 9.18 Å². The molecule has 1 aromatic heterocycles. The summed E-state index contributed by atoms with van der Waals surface area (Å²) in [5.41, 5.74) is 4.18. The first-order valence-corrected chi connectivity index (χ1v) is 10.2. The van der Waals surface area contributed by atoms with Crippen LogP contribution in [0.15, 0.2) is 84.1 Å². The summed E-state index contributed by atoms with van der Waals surface area (Å²) in [4.78, 5) is 18.1. The van der Waals surface area contributed by atoms with Crippen LogP contribution >= 0.6 is 11.6 Å². The first kappa shape index (κ1) is 19.3. The van der Waals surface area contributed by atoms with E-state index in [1.807, 2.05) is 60.0 Å². The summed E-state index contributed by atoms with van der Waals surface area (Å²) in [5.74, 6) is -0.0249. The number of hydrogen-bond acceptors (Lipinski definition) is 3. The molecule has 3 aromatic carbocycles. The predicted octanol–water partition coefficient (Wildman–Crippen LogP) is 5.76. The van der Waals surface area contributed by atoms with E-state index in [2.05, 4.69) is 10.6 Å². The maximum Gasteiger partial charge on any atom is 0.255 e. The van der Waals surface area contributed by atoms with Gasteiger partial charge >= 0.3 is 0 Å². The second-order valence-corrected chi connectivity index (χ2v) is 7.75. The zero-order valence-corrected chi connectivity index (χ0v) is 17.3. The van der Waals surface area contributed by atoms with Gasteiger partial charge in [0.15, 0.2) is 0 Å². The van der Waals surface area contributed by atoms with Gasteiger partial charge in [0.1, 0.15) is 5.82 Å². The Morgan fingerprint density at radius 2 is 1.77 bits per heavy atom. The molecule has 1 aliphatic rings. The normalized spacial score (nSPS) is 15.5. The Morgan fingerprint density at radius 3 is 2.55 bits per heavy atom.